The molecule has 4 rings (SSSR count). The van der Waals surface area contributed by atoms with Gasteiger partial charge in [0.25, 0.3) is 5.91 Å². The second kappa shape index (κ2) is 9.04. The molecule has 2 saturated heterocycles. The summed E-state index contributed by atoms with van der Waals surface area (Å²) >= 11 is 0. The molecule has 0 unspecified atom stereocenters. The number of ether oxygens (including phenoxy) is 3. The summed E-state index contributed by atoms with van der Waals surface area (Å²) < 4.78 is 86.7. The predicted molar refractivity (Wildman–Crippen MR) is 119 cm³/mol. The van der Waals surface area contributed by atoms with Crippen molar-refractivity contribution in [2.24, 2.45) is 5.92 Å². The van der Waals surface area contributed by atoms with Gasteiger partial charge in [-0.25, -0.2) is 8.78 Å². The fourth-order valence-electron chi connectivity index (χ4n) is 4.77. The highest BCUT2D eigenvalue weighted by atomic mass is 19.4. The van der Waals surface area contributed by atoms with E-state index in [1.807, 2.05) is 0 Å². The van der Waals surface area contributed by atoms with Crippen molar-refractivity contribution in [3.63, 3.8) is 0 Å². The van der Waals surface area contributed by atoms with Gasteiger partial charge in [-0.2, -0.15) is 13.2 Å². The summed E-state index contributed by atoms with van der Waals surface area (Å²) in [5.74, 6) is -6.40. The van der Waals surface area contributed by atoms with Crippen LogP contribution in [0.25, 0.3) is 0 Å². The van der Waals surface area contributed by atoms with Crippen molar-refractivity contribution in [3.8, 4) is 0 Å². The number of hydrogen-bond acceptors (Lipinski definition) is 5. The van der Waals surface area contributed by atoms with E-state index in [-0.39, 0.29) is 16.8 Å². The molecule has 0 saturated carbocycles. The number of benzene rings is 1. The highest BCUT2D eigenvalue weighted by molar-refractivity contribution is 5.95. The third-order valence-corrected chi connectivity index (χ3v) is 7.06. The number of rotatable bonds is 4. The molecule has 1 aromatic carbocycles. The van der Waals surface area contributed by atoms with E-state index >= 15 is 0 Å². The molecule has 2 aromatic rings. The molecule has 11 heteroatoms. The van der Waals surface area contributed by atoms with Gasteiger partial charge in [0.15, 0.2) is 23.0 Å². The van der Waals surface area contributed by atoms with E-state index in [4.69, 9.17) is 14.2 Å². The molecule has 3 heterocycles. The lowest BCUT2D eigenvalue weighted by atomic mass is 9.76. The first kappa shape index (κ1) is 26.4. The van der Waals surface area contributed by atoms with Crippen LogP contribution in [0.3, 0.4) is 0 Å². The first-order chi connectivity index (χ1) is 16.6. The minimum atomic E-state index is -4.81. The number of amides is 1. The third kappa shape index (κ3) is 4.59. The molecule has 1 amide bonds. The average molecular weight is 514 g/mol. The number of halogens is 5. The Morgan fingerprint density at radius 1 is 1.11 bits per heavy atom. The molecule has 2 aliphatic heterocycles. The van der Waals surface area contributed by atoms with Gasteiger partial charge in [0.1, 0.15) is 12.2 Å². The van der Waals surface area contributed by atoms with Gasteiger partial charge in [-0.05, 0) is 57.0 Å². The van der Waals surface area contributed by atoms with Crippen LogP contribution in [0.2, 0.25) is 0 Å². The number of hydrogen-bond donors (Lipinski definition) is 1. The third-order valence-electron chi connectivity index (χ3n) is 7.06. The lowest BCUT2D eigenvalue weighted by Gasteiger charge is -2.32. The molecule has 2 aliphatic rings. The summed E-state index contributed by atoms with van der Waals surface area (Å²) in [6.07, 6.45) is -5.49. The Balaban J connectivity index is 1.61. The number of carbonyl (C=O) groups excluding carboxylic acids is 1. The summed E-state index contributed by atoms with van der Waals surface area (Å²) in [6, 6.07) is 5.18. The lowest BCUT2D eigenvalue weighted by Crippen LogP contribution is -2.47. The Bertz CT molecular complexity index is 1150. The Hall–Kier alpha value is -2.63. The van der Waals surface area contributed by atoms with E-state index in [0.717, 1.165) is 13.0 Å². The topological polar surface area (TPSA) is 69.7 Å². The zero-order chi connectivity index (χ0) is 26.6. The molecule has 0 bridgehead atoms. The second-order valence-corrected chi connectivity index (χ2v) is 9.81. The average Bonchev–Trinajstić information content (AvgIpc) is 3.30. The SMILES string of the molecule is Cc1c([C@H]2[C@H](C(=O)Nc3ccc([C@@H]4COC(C)(C)O4)nc3)O[C@@](C)(C(F)(F)F)[C@H]2C)ccc(F)c1F. The van der Waals surface area contributed by atoms with E-state index in [9.17, 15) is 26.7 Å². The molecule has 36 heavy (non-hydrogen) atoms. The lowest BCUT2D eigenvalue weighted by molar-refractivity contribution is -0.272. The zero-order valence-corrected chi connectivity index (χ0v) is 20.4. The molecule has 0 aliphatic carbocycles. The Kier molecular flexibility index (Phi) is 6.64. The zero-order valence-electron chi connectivity index (χ0n) is 20.4. The van der Waals surface area contributed by atoms with Crippen molar-refractivity contribution in [3.05, 3.63) is 58.9 Å². The number of anilines is 1. The van der Waals surface area contributed by atoms with Gasteiger partial charge in [-0.3, -0.25) is 9.78 Å². The van der Waals surface area contributed by atoms with Crippen molar-refractivity contribution >= 4 is 11.6 Å². The largest absolute Gasteiger partial charge is 0.417 e. The van der Waals surface area contributed by atoms with Gasteiger partial charge in [0.05, 0.1) is 24.2 Å². The van der Waals surface area contributed by atoms with Gasteiger partial charge in [-0.15, -0.1) is 0 Å². The molecule has 196 valence electrons. The van der Waals surface area contributed by atoms with Crippen molar-refractivity contribution in [1.29, 1.82) is 0 Å². The molecule has 1 N–H and O–H groups in total. The van der Waals surface area contributed by atoms with Crippen LogP contribution >= 0.6 is 0 Å². The molecule has 1 aromatic heterocycles. The number of alkyl halides is 3. The molecular weight excluding hydrogens is 487 g/mol. The summed E-state index contributed by atoms with van der Waals surface area (Å²) in [4.78, 5) is 17.5. The molecular formula is C25H27F5N2O4. The highest BCUT2D eigenvalue weighted by Crippen LogP contribution is 2.54. The summed E-state index contributed by atoms with van der Waals surface area (Å²) in [7, 11) is 0. The molecule has 0 radical (unpaired) electrons. The van der Waals surface area contributed by atoms with Gasteiger partial charge >= 0.3 is 6.18 Å². The number of pyridine rings is 1. The maximum absolute atomic E-state index is 14.3. The van der Waals surface area contributed by atoms with Crippen LogP contribution in [-0.2, 0) is 19.0 Å². The summed E-state index contributed by atoms with van der Waals surface area (Å²) in [5.41, 5.74) is -2.01. The first-order valence-corrected chi connectivity index (χ1v) is 11.4. The van der Waals surface area contributed by atoms with Crippen LogP contribution in [0.15, 0.2) is 30.5 Å². The van der Waals surface area contributed by atoms with Gasteiger partial charge in [0, 0.05) is 11.8 Å². The van der Waals surface area contributed by atoms with Crippen LogP contribution in [-0.4, -0.2) is 41.2 Å². The van der Waals surface area contributed by atoms with Gasteiger partial charge < -0.3 is 19.5 Å². The molecule has 6 nitrogen and oxygen atoms in total. The minimum Gasteiger partial charge on any atom is -0.352 e. The maximum Gasteiger partial charge on any atom is 0.417 e. The van der Waals surface area contributed by atoms with E-state index < -0.39 is 59.1 Å². The Morgan fingerprint density at radius 3 is 2.36 bits per heavy atom. The quantitative estimate of drug-likeness (QED) is 0.541. The normalized spacial score (nSPS) is 29.9. The smallest absolute Gasteiger partial charge is 0.352 e. The fraction of sp³-hybridized carbons (Fsp3) is 0.520. The van der Waals surface area contributed by atoms with Crippen molar-refractivity contribution in [1.82, 2.24) is 4.98 Å². The van der Waals surface area contributed by atoms with Crippen LogP contribution in [0.4, 0.5) is 27.6 Å². The van der Waals surface area contributed by atoms with Crippen LogP contribution in [0, 0.1) is 24.5 Å². The standard InChI is InChI=1S/C25H27F5N2O4/c1-12-15(7-8-16(26)20(12)27)19-13(2)24(5,25(28,29)30)36-21(19)22(33)32-14-6-9-17(31-10-14)18-11-34-23(3,4)35-18/h6-10,13,18-19,21H,11H2,1-5H3,(H,32,33)/t13-,18-,19-,21+,24+/m0/s1. The second-order valence-electron chi connectivity index (χ2n) is 9.81. The first-order valence-electron chi connectivity index (χ1n) is 11.4. The Morgan fingerprint density at radius 2 is 1.81 bits per heavy atom. The number of carbonyl (C=O) groups is 1. The van der Waals surface area contributed by atoms with Crippen molar-refractivity contribution in [2.75, 3.05) is 11.9 Å². The molecule has 0 spiro atoms. The monoisotopic (exact) mass is 514 g/mol. The summed E-state index contributed by atoms with van der Waals surface area (Å²) in [5, 5.41) is 2.54. The number of nitrogens with one attached hydrogen (secondary N) is 1. The predicted octanol–water partition coefficient (Wildman–Crippen LogP) is 5.57. The molecule has 5 atom stereocenters. The van der Waals surface area contributed by atoms with E-state index in [2.05, 4.69) is 10.3 Å². The number of nitrogens with zero attached hydrogens (tertiary/aromatic N) is 1. The minimum absolute atomic E-state index is 0.0731. The highest BCUT2D eigenvalue weighted by Gasteiger charge is 2.65. The van der Waals surface area contributed by atoms with Crippen LogP contribution < -0.4 is 5.32 Å². The fourth-order valence-corrected chi connectivity index (χ4v) is 4.77. The van der Waals surface area contributed by atoms with E-state index in [1.165, 1.54) is 32.2 Å². The van der Waals surface area contributed by atoms with Crippen LogP contribution in [0.1, 0.15) is 56.5 Å². The van der Waals surface area contributed by atoms with Crippen LogP contribution in [0.5, 0.6) is 0 Å². The van der Waals surface area contributed by atoms with E-state index in [0.29, 0.717) is 12.3 Å². The van der Waals surface area contributed by atoms with Crippen molar-refractivity contribution < 1.29 is 41.0 Å². The molecule has 2 fully saturated rings. The Labute approximate surface area is 205 Å². The van der Waals surface area contributed by atoms with Gasteiger partial charge in [-0.1, -0.05) is 13.0 Å². The maximum atomic E-state index is 14.3. The van der Waals surface area contributed by atoms with Gasteiger partial charge in [0.2, 0.25) is 0 Å². The van der Waals surface area contributed by atoms with Crippen molar-refractivity contribution in [2.45, 2.75) is 70.3 Å². The summed E-state index contributed by atoms with van der Waals surface area (Å²) in [6.45, 7) is 7.23. The van der Waals surface area contributed by atoms with E-state index in [1.54, 1.807) is 19.9 Å². The number of aromatic nitrogens is 1.